The molecule has 0 aliphatic heterocycles. The van der Waals surface area contributed by atoms with E-state index in [1.165, 1.54) is 13.8 Å². The van der Waals surface area contributed by atoms with E-state index in [1.807, 2.05) is 6.07 Å². The van der Waals surface area contributed by atoms with Crippen molar-refractivity contribution in [3.8, 4) is 0 Å². The summed E-state index contributed by atoms with van der Waals surface area (Å²) in [5, 5.41) is 2.81. The molecule has 0 aromatic heterocycles. The minimum atomic E-state index is -1.25. The second-order valence-corrected chi connectivity index (χ2v) is 4.55. The van der Waals surface area contributed by atoms with E-state index in [-0.39, 0.29) is 5.78 Å². The van der Waals surface area contributed by atoms with Crippen molar-refractivity contribution in [2.45, 2.75) is 25.9 Å². The van der Waals surface area contributed by atoms with Gasteiger partial charge >= 0.3 is 0 Å². The molecule has 1 rings (SSSR count). The second kappa shape index (κ2) is 5.21. The number of likely N-dealkylation sites (N-methyl/N-ethyl adjacent to an activating group) is 1. The first kappa shape index (κ1) is 12.8. The number of Topliss-reactive ketones (excluding diaryl/α,β-unsaturated/α-hetero) is 1. The molecule has 0 radical (unpaired) electrons. The topological polar surface area (TPSA) is 29.1 Å². The maximum absolute atomic E-state index is 13.5. The summed E-state index contributed by atoms with van der Waals surface area (Å²) in [6.45, 7) is 3.38. The van der Waals surface area contributed by atoms with E-state index in [1.54, 1.807) is 25.2 Å². The lowest BCUT2D eigenvalue weighted by atomic mass is 9.98. The summed E-state index contributed by atoms with van der Waals surface area (Å²) in [5.41, 5.74) is 0.246. The average Bonchev–Trinajstić information content (AvgIpc) is 2.16. The van der Waals surface area contributed by atoms with E-state index in [0.29, 0.717) is 18.5 Å². The van der Waals surface area contributed by atoms with Gasteiger partial charge in [-0.15, -0.1) is 0 Å². The van der Waals surface area contributed by atoms with Crippen LogP contribution in [0.15, 0.2) is 24.3 Å². The highest BCUT2D eigenvalue weighted by Crippen LogP contribution is 2.17. The third kappa shape index (κ3) is 4.11. The Hall–Kier alpha value is -1.22. The molecule has 0 aliphatic rings. The fourth-order valence-electron chi connectivity index (χ4n) is 1.60. The molecule has 0 unspecified atom stereocenters. The van der Waals surface area contributed by atoms with Gasteiger partial charge in [-0.3, -0.25) is 4.79 Å². The molecule has 1 aromatic carbocycles. The third-order valence-electron chi connectivity index (χ3n) is 2.21. The molecule has 0 fully saturated rings. The van der Waals surface area contributed by atoms with Crippen molar-refractivity contribution >= 4 is 5.78 Å². The first-order chi connectivity index (χ1) is 7.42. The third-order valence-corrected chi connectivity index (χ3v) is 2.21. The van der Waals surface area contributed by atoms with Crippen molar-refractivity contribution in [2.24, 2.45) is 0 Å². The van der Waals surface area contributed by atoms with Crippen molar-refractivity contribution in [3.05, 3.63) is 35.4 Å². The van der Waals surface area contributed by atoms with Crippen LogP contribution in [-0.2, 0) is 6.42 Å². The highest BCUT2D eigenvalue weighted by atomic mass is 19.1. The summed E-state index contributed by atoms with van der Waals surface area (Å²) < 4.78 is 13.5. The van der Waals surface area contributed by atoms with Crippen molar-refractivity contribution in [2.75, 3.05) is 13.6 Å². The van der Waals surface area contributed by atoms with Crippen LogP contribution in [0.5, 0.6) is 0 Å². The Morgan fingerprint density at radius 2 is 2.12 bits per heavy atom. The number of hydrogen-bond acceptors (Lipinski definition) is 2. The number of alkyl halides is 1. The molecule has 2 nitrogen and oxygen atoms in total. The van der Waals surface area contributed by atoms with Crippen LogP contribution in [0.2, 0.25) is 0 Å². The van der Waals surface area contributed by atoms with Crippen molar-refractivity contribution < 1.29 is 9.18 Å². The van der Waals surface area contributed by atoms with Gasteiger partial charge in [0, 0.05) is 12.0 Å². The summed E-state index contributed by atoms with van der Waals surface area (Å²) in [6.07, 6.45) is 0.327. The lowest BCUT2D eigenvalue weighted by Gasteiger charge is -2.14. The molecular weight excluding hydrogens is 205 g/mol. The maximum Gasteiger partial charge on any atom is 0.176 e. The summed E-state index contributed by atoms with van der Waals surface area (Å²) in [6, 6.07) is 7.16. The van der Waals surface area contributed by atoms with Crippen LogP contribution in [0, 0.1) is 0 Å². The zero-order valence-electron chi connectivity index (χ0n) is 10.0. The molecule has 16 heavy (non-hydrogen) atoms. The van der Waals surface area contributed by atoms with Crippen molar-refractivity contribution in [1.29, 1.82) is 0 Å². The summed E-state index contributed by atoms with van der Waals surface area (Å²) in [5.74, 6) is 0.0287. The minimum absolute atomic E-state index is 0.0287. The van der Waals surface area contributed by atoms with E-state index in [9.17, 15) is 9.18 Å². The quantitative estimate of drug-likeness (QED) is 0.776. The molecule has 0 aliphatic carbocycles. The molecule has 88 valence electrons. The Labute approximate surface area is 95.9 Å². The fraction of sp³-hybridized carbons (Fsp3) is 0.462. The normalized spacial score (nSPS) is 11.5. The lowest BCUT2D eigenvalue weighted by Crippen LogP contribution is -2.19. The van der Waals surface area contributed by atoms with Gasteiger partial charge in [0.15, 0.2) is 5.78 Å². The summed E-state index contributed by atoms with van der Waals surface area (Å²) >= 11 is 0. The Kier molecular flexibility index (Phi) is 4.19. The number of nitrogens with one attached hydrogen (secondary N) is 1. The minimum Gasteiger partial charge on any atom is -0.313 e. The second-order valence-electron chi connectivity index (χ2n) is 4.55. The SMILES string of the molecule is CNCC(=O)c1cccc(CC(C)(C)F)c1. The van der Waals surface area contributed by atoms with Crippen LogP contribution in [0.1, 0.15) is 29.8 Å². The van der Waals surface area contributed by atoms with Gasteiger partial charge in [-0.1, -0.05) is 18.2 Å². The Morgan fingerprint density at radius 1 is 1.44 bits per heavy atom. The van der Waals surface area contributed by atoms with E-state index < -0.39 is 5.67 Å². The maximum atomic E-state index is 13.5. The predicted octanol–water partition coefficient (Wildman–Crippen LogP) is 2.38. The van der Waals surface area contributed by atoms with Crippen molar-refractivity contribution in [1.82, 2.24) is 5.32 Å². The van der Waals surface area contributed by atoms with Crippen LogP contribution in [0.4, 0.5) is 4.39 Å². The smallest absolute Gasteiger partial charge is 0.176 e. The molecule has 0 atom stereocenters. The van der Waals surface area contributed by atoms with Gasteiger partial charge in [0.05, 0.1) is 6.54 Å². The van der Waals surface area contributed by atoms with Gasteiger partial charge in [0.25, 0.3) is 0 Å². The highest BCUT2D eigenvalue weighted by Gasteiger charge is 2.16. The largest absolute Gasteiger partial charge is 0.313 e. The van der Waals surface area contributed by atoms with Gasteiger partial charge in [-0.25, -0.2) is 4.39 Å². The number of rotatable bonds is 5. The van der Waals surface area contributed by atoms with E-state index in [4.69, 9.17) is 0 Å². The molecule has 1 aromatic rings. The first-order valence-electron chi connectivity index (χ1n) is 5.38. The Balaban J connectivity index is 2.83. The van der Waals surface area contributed by atoms with Crippen LogP contribution in [0.3, 0.4) is 0 Å². The molecule has 0 amide bonds. The number of carbonyl (C=O) groups is 1. The summed E-state index contributed by atoms with van der Waals surface area (Å²) in [7, 11) is 1.73. The van der Waals surface area contributed by atoms with Crippen molar-refractivity contribution in [3.63, 3.8) is 0 Å². The highest BCUT2D eigenvalue weighted by molar-refractivity contribution is 5.97. The van der Waals surface area contributed by atoms with Gasteiger partial charge in [-0.2, -0.15) is 0 Å². The first-order valence-corrected chi connectivity index (χ1v) is 5.38. The van der Waals surface area contributed by atoms with E-state index in [2.05, 4.69) is 5.32 Å². The van der Waals surface area contributed by atoms with Gasteiger partial charge in [0.2, 0.25) is 0 Å². The molecule has 0 heterocycles. The van der Waals surface area contributed by atoms with Crippen LogP contribution < -0.4 is 5.32 Å². The van der Waals surface area contributed by atoms with Crippen LogP contribution >= 0.6 is 0 Å². The number of ketones is 1. The van der Waals surface area contributed by atoms with Crippen LogP contribution in [0.25, 0.3) is 0 Å². The fourth-order valence-corrected chi connectivity index (χ4v) is 1.60. The standard InChI is InChI=1S/C13H18FNO/c1-13(2,14)8-10-5-4-6-11(7-10)12(16)9-15-3/h4-7,15H,8-9H2,1-3H3. The Bertz CT molecular complexity index is 368. The molecular formula is C13H18FNO. The van der Waals surface area contributed by atoms with Crippen LogP contribution in [-0.4, -0.2) is 25.0 Å². The van der Waals surface area contributed by atoms with Gasteiger partial charge < -0.3 is 5.32 Å². The van der Waals surface area contributed by atoms with E-state index in [0.717, 1.165) is 5.56 Å². The molecule has 0 saturated heterocycles. The number of carbonyl (C=O) groups excluding carboxylic acids is 1. The number of benzene rings is 1. The molecule has 0 saturated carbocycles. The molecule has 1 N–H and O–H groups in total. The summed E-state index contributed by atoms with van der Waals surface area (Å²) in [4.78, 5) is 11.6. The van der Waals surface area contributed by atoms with Gasteiger partial charge in [-0.05, 0) is 32.5 Å². The number of hydrogen-bond donors (Lipinski definition) is 1. The number of halogens is 1. The molecule has 3 heteroatoms. The lowest BCUT2D eigenvalue weighted by molar-refractivity contribution is 0.0993. The van der Waals surface area contributed by atoms with Gasteiger partial charge in [0.1, 0.15) is 5.67 Å². The zero-order valence-corrected chi connectivity index (χ0v) is 10.0. The average molecular weight is 223 g/mol. The molecule has 0 spiro atoms. The predicted molar refractivity (Wildman–Crippen MR) is 63.6 cm³/mol. The molecule has 0 bridgehead atoms. The monoisotopic (exact) mass is 223 g/mol. The Morgan fingerprint density at radius 3 is 2.69 bits per heavy atom. The van der Waals surface area contributed by atoms with E-state index >= 15 is 0 Å². The zero-order chi connectivity index (χ0) is 12.2.